The molecule has 0 aromatic heterocycles. The van der Waals surface area contributed by atoms with Gasteiger partial charge < -0.3 is 20.7 Å². The van der Waals surface area contributed by atoms with E-state index in [0.717, 1.165) is 5.75 Å². The lowest BCUT2D eigenvalue weighted by Gasteiger charge is -2.26. The Morgan fingerprint density at radius 3 is 2.63 bits per heavy atom. The third kappa shape index (κ3) is 8.47. The van der Waals surface area contributed by atoms with E-state index in [1.54, 1.807) is 35.1 Å². The van der Waals surface area contributed by atoms with Crippen LogP contribution in [0.4, 0.5) is 0 Å². The number of hydrogen-bond acceptors (Lipinski definition) is 7. The van der Waals surface area contributed by atoms with Crippen molar-refractivity contribution >= 4 is 56.9 Å². The summed E-state index contributed by atoms with van der Waals surface area (Å²) in [6, 6.07) is 3.48. The highest BCUT2D eigenvalue weighted by Gasteiger charge is 2.30. The van der Waals surface area contributed by atoms with E-state index in [-0.39, 0.29) is 31.2 Å². The molecule has 0 aliphatic carbocycles. The van der Waals surface area contributed by atoms with E-state index in [0.29, 0.717) is 28.3 Å². The predicted molar refractivity (Wildman–Crippen MR) is 139 cm³/mol. The maximum atomic E-state index is 13.1. The number of amides is 3. The Kier molecular flexibility index (Phi) is 10.4. The summed E-state index contributed by atoms with van der Waals surface area (Å²) in [6.45, 7) is 3.79. The highest BCUT2D eigenvalue weighted by molar-refractivity contribution is 8.76. The van der Waals surface area contributed by atoms with Gasteiger partial charge >= 0.3 is 5.97 Å². The van der Waals surface area contributed by atoms with Gasteiger partial charge in [-0.2, -0.15) is 0 Å². The number of carbonyl (C=O) groups is 4. The lowest BCUT2D eigenvalue weighted by Crippen LogP contribution is -2.56. The van der Waals surface area contributed by atoms with Gasteiger partial charge in [-0.05, 0) is 41.7 Å². The zero-order valence-electron chi connectivity index (χ0n) is 19.7. The maximum Gasteiger partial charge on any atom is 0.310 e. The molecule has 2 bridgehead atoms. The van der Waals surface area contributed by atoms with Crippen LogP contribution in [0.25, 0.3) is 0 Å². The third-order valence-electron chi connectivity index (χ3n) is 5.56. The number of esters is 1. The van der Waals surface area contributed by atoms with E-state index in [1.165, 1.54) is 10.8 Å². The minimum Gasteiger partial charge on any atom is -0.457 e. The Morgan fingerprint density at radius 1 is 1.06 bits per heavy atom. The standard InChI is InChI=1S/C24H30ClN3O5S2/c1-14(2)22-24(32)27-19-13-35-34-8-4-3-5-18(11-20(29)28-22)33-21(30)10-16-9-17(25)7-6-15(16)12-26-23(19)31/h3,5-7,9,14,18-19,22H,4,8,10-13H2,1-2H3,(H,26,31)(H,27,32)(H,28,29)/t18-,19-,22-/m1/s1. The fraction of sp³-hybridized carbons (Fsp3) is 0.500. The van der Waals surface area contributed by atoms with Crippen LogP contribution in [0.2, 0.25) is 5.02 Å². The molecule has 35 heavy (non-hydrogen) atoms. The molecule has 3 rings (SSSR count). The summed E-state index contributed by atoms with van der Waals surface area (Å²) < 4.78 is 5.65. The highest BCUT2D eigenvalue weighted by Crippen LogP contribution is 2.24. The molecule has 1 aromatic rings. The summed E-state index contributed by atoms with van der Waals surface area (Å²) in [7, 11) is 3.08. The van der Waals surface area contributed by atoms with E-state index in [1.807, 2.05) is 19.9 Å². The van der Waals surface area contributed by atoms with Crippen molar-refractivity contribution in [3.63, 3.8) is 0 Å². The van der Waals surface area contributed by atoms with Crippen molar-refractivity contribution in [2.45, 2.75) is 57.8 Å². The first kappa shape index (κ1) is 27.4. The number of halogens is 1. The second-order valence-electron chi connectivity index (χ2n) is 8.71. The summed E-state index contributed by atoms with van der Waals surface area (Å²) in [5, 5.41) is 8.90. The first-order chi connectivity index (χ1) is 16.7. The van der Waals surface area contributed by atoms with Crippen LogP contribution in [-0.4, -0.2) is 53.4 Å². The molecule has 190 valence electrons. The number of benzene rings is 1. The molecule has 0 unspecified atom stereocenters. The number of nitrogens with one attached hydrogen (secondary N) is 3. The van der Waals surface area contributed by atoms with Gasteiger partial charge in [-0.3, -0.25) is 19.2 Å². The van der Waals surface area contributed by atoms with Crippen LogP contribution in [0.5, 0.6) is 0 Å². The molecule has 0 saturated heterocycles. The monoisotopic (exact) mass is 539 g/mol. The van der Waals surface area contributed by atoms with Crippen LogP contribution in [0.3, 0.4) is 0 Å². The molecule has 3 amide bonds. The average molecular weight is 540 g/mol. The molecule has 0 spiro atoms. The predicted octanol–water partition coefficient (Wildman–Crippen LogP) is 2.78. The SMILES string of the molecule is CC(C)[C@H]1NC(=O)C[C@H]2C=CCCSSC[C@@H](NC1=O)C(=O)NCc1ccc(Cl)cc1CC(=O)O2. The average Bonchev–Trinajstić information content (AvgIpc) is 2.79. The smallest absolute Gasteiger partial charge is 0.310 e. The summed E-state index contributed by atoms with van der Waals surface area (Å²) in [5.74, 6) is -0.807. The van der Waals surface area contributed by atoms with Gasteiger partial charge in [0.1, 0.15) is 18.2 Å². The minimum absolute atomic E-state index is 0.0573. The molecule has 3 N–H and O–H groups in total. The van der Waals surface area contributed by atoms with Crippen LogP contribution >= 0.6 is 33.2 Å². The Morgan fingerprint density at radius 2 is 1.86 bits per heavy atom. The minimum atomic E-state index is -0.836. The fourth-order valence-electron chi connectivity index (χ4n) is 3.69. The molecule has 0 radical (unpaired) electrons. The zero-order chi connectivity index (χ0) is 25.4. The molecule has 11 heteroatoms. The molecule has 2 heterocycles. The van der Waals surface area contributed by atoms with Crippen molar-refractivity contribution in [3.05, 3.63) is 46.5 Å². The molecule has 8 nitrogen and oxygen atoms in total. The summed E-state index contributed by atoms with van der Waals surface area (Å²) in [5.41, 5.74) is 1.34. The number of ether oxygens (including phenoxy) is 1. The highest BCUT2D eigenvalue weighted by atomic mass is 35.5. The van der Waals surface area contributed by atoms with Gasteiger partial charge in [0.05, 0.1) is 12.8 Å². The Labute approximate surface area is 218 Å². The maximum absolute atomic E-state index is 13.1. The molecule has 1 aromatic carbocycles. The van der Waals surface area contributed by atoms with Gasteiger partial charge in [-0.25, -0.2) is 0 Å². The largest absolute Gasteiger partial charge is 0.457 e. The normalized spacial score (nSPS) is 25.1. The number of carbonyl (C=O) groups excluding carboxylic acids is 4. The number of fused-ring (bicyclic) bond motifs is 8. The number of rotatable bonds is 1. The Balaban J connectivity index is 2.00. The van der Waals surface area contributed by atoms with Crippen LogP contribution in [0.1, 0.15) is 37.8 Å². The van der Waals surface area contributed by atoms with Gasteiger partial charge in [0.2, 0.25) is 17.7 Å². The van der Waals surface area contributed by atoms with Gasteiger partial charge in [-0.15, -0.1) is 0 Å². The second-order valence-corrected chi connectivity index (χ2v) is 11.8. The van der Waals surface area contributed by atoms with Crippen LogP contribution in [0, 0.1) is 5.92 Å². The van der Waals surface area contributed by atoms with E-state index < -0.39 is 36.0 Å². The molecular weight excluding hydrogens is 510 g/mol. The summed E-state index contributed by atoms with van der Waals surface area (Å²) in [6.07, 6.45) is 3.35. The van der Waals surface area contributed by atoms with Crippen LogP contribution in [0.15, 0.2) is 30.4 Å². The molecule has 2 aliphatic rings. The van der Waals surface area contributed by atoms with E-state index in [2.05, 4.69) is 16.0 Å². The zero-order valence-corrected chi connectivity index (χ0v) is 22.1. The van der Waals surface area contributed by atoms with Crippen molar-refractivity contribution < 1.29 is 23.9 Å². The van der Waals surface area contributed by atoms with Gasteiger partial charge in [0.25, 0.3) is 0 Å². The first-order valence-electron chi connectivity index (χ1n) is 11.5. The lowest BCUT2D eigenvalue weighted by atomic mass is 10.0. The molecule has 2 aliphatic heterocycles. The molecular formula is C24H30ClN3O5S2. The van der Waals surface area contributed by atoms with E-state index in [4.69, 9.17) is 16.3 Å². The first-order valence-corrected chi connectivity index (χ1v) is 14.3. The fourth-order valence-corrected chi connectivity index (χ4v) is 6.04. The van der Waals surface area contributed by atoms with Crippen molar-refractivity contribution in [2.24, 2.45) is 5.92 Å². The Bertz CT molecular complexity index is 988. The third-order valence-corrected chi connectivity index (χ3v) is 8.24. The lowest BCUT2D eigenvalue weighted by molar-refractivity contribution is -0.147. The van der Waals surface area contributed by atoms with Crippen LogP contribution < -0.4 is 16.0 Å². The topological polar surface area (TPSA) is 114 Å². The van der Waals surface area contributed by atoms with Crippen molar-refractivity contribution in [1.29, 1.82) is 0 Å². The van der Waals surface area contributed by atoms with Gasteiger partial charge in [-0.1, -0.05) is 59.2 Å². The van der Waals surface area contributed by atoms with E-state index >= 15 is 0 Å². The summed E-state index contributed by atoms with van der Waals surface area (Å²) in [4.78, 5) is 51.8. The quantitative estimate of drug-likeness (QED) is 0.286. The molecule has 0 saturated carbocycles. The number of allylic oxidation sites excluding steroid dienone is 1. The Hall–Kier alpha value is -2.17. The molecule has 0 fully saturated rings. The second kappa shape index (κ2) is 13.2. The van der Waals surface area contributed by atoms with Crippen molar-refractivity contribution in [1.82, 2.24) is 16.0 Å². The summed E-state index contributed by atoms with van der Waals surface area (Å²) >= 11 is 6.15. The van der Waals surface area contributed by atoms with Crippen LogP contribution in [-0.2, 0) is 36.9 Å². The van der Waals surface area contributed by atoms with Gasteiger partial charge in [0, 0.05) is 23.1 Å². The van der Waals surface area contributed by atoms with Crippen molar-refractivity contribution in [2.75, 3.05) is 11.5 Å². The number of hydrogen-bond donors (Lipinski definition) is 3. The van der Waals surface area contributed by atoms with Gasteiger partial charge in [0.15, 0.2) is 0 Å². The molecule has 3 atom stereocenters. The van der Waals surface area contributed by atoms with E-state index in [9.17, 15) is 19.2 Å². The van der Waals surface area contributed by atoms with Crippen molar-refractivity contribution in [3.8, 4) is 0 Å².